The third-order valence-corrected chi connectivity index (χ3v) is 2.05. The average Bonchev–Trinajstić information content (AvgIpc) is 2.17. The minimum absolute atomic E-state index is 0.00741. The van der Waals surface area contributed by atoms with Crippen LogP contribution < -0.4 is 5.73 Å². The SMILES string of the molecule is NC(Cc1ccc(C(F)(F)F)cc1)C(=O)O. The lowest BCUT2D eigenvalue weighted by Gasteiger charge is -2.09. The summed E-state index contributed by atoms with van der Waals surface area (Å²) < 4.78 is 36.6. The molecule has 1 atom stereocenters. The maximum atomic E-state index is 12.2. The summed E-state index contributed by atoms with van der Waals surface area (Å²) >= 11 is 0. The Hall–Kier alpha value is -1.56. The highest BCUT2D eigenvalue weighted by Gasteiger charge is 2.30. The Morgan fingerprint density at radius 1 is 1.31 bits per heavy atom. The molecule has 6 heteroatoms. The Bertz CT molecular complexity index is 373. The van der Waals surface area contributed by atoms with Crippen LogP contribution in [0.4, 0.5) is 13.2 Å². The molecular weight excluding hydrogens is 223 g/mol. The Morgan fingerprint density at radius 2 is 1.81 bits per heavy atom. The van der Waals surface area contributed by atoms with E-state index in [0.29, 0.717) is 5.56 Å². The summed E-state index contributed by atoms with van der Waals surface area (Å²) in [5, 5.41) is 8.52. The molecule has 1 aromatic carbocycles. The van der Waals surface area contributed by atoms with Crippen LogP contribution in [-0.4, -0.2) is 17.1 Å². The van der Waals surface area contributed by atoms with Gasteiger partial charge < -0.3 is 10.8 Å². The topological polar surface area (TPSA) is 63.3 Å². The highest BCUT2D eigenvalue weighted by molar-refractivity contribution is 5.73. The van der Waals surface area contributed by atoms with E-state index in [1.165, 1.54) is 12.1 Å². The minimum Gasteiger partial charge on any atom is -0.480 e. The van der Waals surface area contributed by atoms with Gasteiger partial charge in [0.15, 0.2) is 0 Å². The standard InChI is InChI=1S/C10H10F3NO2/c11-10(12,13)7-3-1-6(2-4-7)5-8(14)9(15)16/h1-4,8H,5,14H2,(H,15,16). The van der Waals surface area contributed by atoms with Crippen molar-refractivity contribution in [2.45, 2.75) is 18.6 Å². The molecule has 0 aliphatic heterocycles. The summed E-state index contributed by atoms with van der Waals surface area (Å²) in [6.07, 6.45) is -4.37. The number of nitrogens with two attached hydrogens (primary N) is 1. The van der Waals surface area contributed by atoms with E-state index in [0.717, 1.165) is 12.1 Å². The van der Waals surface area contributed by atoms with Gasteiger partial charge >= 0.3 is 12.1 Å². The Labute approximate surface area is 89.7 Å². The highest BCUT2D eigenvalue weighted by atomic mass is 19.4. The van der Waals surface area contributed by atoms with Gasteiger partial charge in [-0.25, -0.2) is 0 Å². The monoisotopic (exact) mass is 233 g/mol. The zero-order valence-corrected chi connectivity index (χ0v) is 8.16. The van der Waals surface area contributed by atoms with Crippen molar-refractivity contribution >= 4 is 5.97 Å². The Kier molecular flexibility index (Phi) is 3.54. The summed E-state index contributed by atoms with van der Waals surface area (Å²) in [7, 11) is 0. The molecule has 3 nitrogen and oxygen atoms in total. The van der Waals surface area contributed by atoms with Crippen molar-refractivity contribution in [3.8, 4) is 0 Å². The molecule has 1 rings (SSSR count). The van der Waals surface area contributed by atoms with Crippen LogP contribution in [0.25, 0.3) is 0 Å². The number of rotatable bonds is 3. The quantitative estimate of drug-likeness (QED) is 0.834. The van der Waals surface area contributed by atoms with E-state index in [4.69, 9.17) is 10.8 Å². The minimum atomic E-state index is -4.38. The van der Waals surface area contributed by atoms with Crippen LogP contribution in [0, 0.1) is 0 Å². The first kappa shape index (κ1) is 12.5. The van der Waals surface area contributed by atoms with Gasteiger partial charge in [0.25, 0.3) is 0 Å². The largest absolute Gasteiger partial charge is 0.480 e. The fourth-order valence-corrected chi connectivity index (χ4v) is 1.17. The third kappa shape index (κ3) is 3.23. The van der Waals surface area contributed by atoms with Gasteiger partial charge in [-0.15, -0.1) is 0 Å². The van der Waals surface area contributed by atoms with Crippen molar-refractivity contribution in [2.24, 2.45) is 5.73 Å². The first-order chi connectivity index (χ1) is 7.30. The normalized spacial score (nSPS) is 13.5. The fourth-order valence-electron chi connectivity index (χ4n) is 1.17. The van der Waals surface area contributed by atoms with Gasteiger partial charge in [-0.3, -0.25) is 4.79 Å². The molecule has 88 valence electrons. The molecule has 16 heavy (non-hydrogen) atoms. The second-order valence-electron chi connectivity index (χ2n) is 3.34. The van der Waals surface area contributed by atoms with E-state index in [-0.39, 0.29) is 6.42 Å². The second kappa shape index (κ2) is 4.52. The van der Waals surface area contributed by atoms with Crippen molar-refractivity contribution in [3.05, 3.63) is 35.4 Å². The van der Waals surface area contributed by atoms with E-state index >= 15 is 0 Å². The van der Waals surface area contributed by atoms with E-state index in [9.17, 15) is 18.0 Å². The van der Waals surface area contributed by atoms with Crippen LogP contribution in [0.3, 0.4) is 0 Å². The molecule has 0 aliphatic rings. The first-order valence-electron chi connectivity index (χ1n) is 4.45. The molecule has 3 N–H and O–H groups in total. The molecular formula is C10H10F3NO2. The zero-order valence-electron chi connectivity index (χ0n) is 8.16. The van der Waals surface area contributed by atoms with Gasteiger partial charge in [0, 0.05) is 0 Å². The molecule has 0 heterocycles. The molecule has 1 unspecified atom stereocenters. The number of hydrogen-bond acceptors (Lipinski definition) is 2. The van der Waals surface area contributed by atoms with Crippen LogP contribution in [-0.2, 0) is 17.4 Å². The van der Waals surface area contributed by atoms with Gasteiger partial charge in [-0.05, 0) is 24.1 Å². The van der Waals surface area contributed by atoms with Gasteiger partial charge in [-0.2, -0.15) is 13.2 Å². The number of carbonyl (C=O) groups is 1. The van der Waals surface area contributed by atoms with Crippen LogP contribution >= 0.6 is 0 Å². The molecule has 0 fully saturated rings. The second-order valence-corrected chi connectivity index (χ2v) is 3.34. The van der Waals surface area contributed by atoms with Crippen molar-refractivity contribution in [1.29, 1.82) is 0 Å². The number of aliphatic carboxylic acids is 1. The van der Waals surface area contributed by atoms with Crippen molar-refractivity contribution < 1.29 is 23.1 Å². The van der Waals surface area contributed by atoms with E-state index < -0.39 is 23.8 Å². The lowest BCUT2D eigenvalue weighted by atomic mass is 10.0. The predicted molar refractivity (Wildman–Crippen MR) is 50.8 cm³/mol. The lowest BCUT2D eigenvalue weighted by Crippen LogP contribution is -2.32. The number of carboxylic acids is 1. The zero-order chi connectivity index (χ0) is 12.3. The fraction of sp³-hybridized carbons (Fsp3) is 0.300. The van der Waals surface area contributed by atoms with Crippen LogP contribution in [0.15, 0.2) is 24.3 Å². The first-order valence-corrected chi connectivity index (χ1v) is 4.45. The lowest BCUT2D eigenvalue weighted by molar-refractivity contribution is -0.139. The summed E-state index contributed by atoms with van der Waals surface area (Å²) in [4.78, 5) is 10.4. The molecule has 0 aromatic heterocycles. The molecule has 0 aliphatic carbocycles. The van der Waals surface area contributed by atoms with Crippen molar-refractivity contribution in [2.75, 3.05) is 0 Å². The molecule has 1 aromatic rings. The van der Waals surface area contributed by atoms with E-state index in [1.807, 2.05) is 0 Å². The predicted octanol–water partition coefficient (Wildman–Crippen LogP) is 1.66. The van der Waals surface area contributed by atoms with E-state index in [2.05, 4.69) is 0 Å². The summed E-state index contributed by atoms with van der Waals surface area (Å²) in [6, 6.07) is 3.17. The number of halogens is 3. The van der Waals surface area contributed by atoms with Crippen LogP contribution in [0.5, 0.6) is 0 Å². The molecule has 0 bridgehead atoms. The van der Waals surface area contributed by atoms with Crippen molar-refractivity contribution in [1.82, 2.24) is 0 Å². The molecule has 0 radical (unpaired) electrons. The third-order valence-electron chi connectivity index (χ3n) is 2.05. The summed E-state index contributed by atoms with van der Waals surface area (Å²) in [5.74, 6) is -1.18. The molecule has 0 amide bonds. The Morgan fingerprint density at radius 3 is 2.19 bits per heavy atom. The smallest absolute Gasteiger partial charge is 0.416 e. The molecule has 0 saturated carbocycles. The van der Waals surface area contributed by atoms with Crippen LogP contribution in [0.2, 0.25) is 0 Å². The maximum absolute atomic E-state index is 12.2. The van der Waals surface area contributed by atoms with Crippen molar-refractivity contribution in [3.63, 3.8) is 0 Å². The van der Waals surface area contributed by atoms with Gasteiger partial charge in [0.1, 0.15) is 6.04 Å². The number of benzene rings is 1. The van der Waals surface area contributed by atoms with Gasteiger partial charge in [0.2, 0.25) is 0 Å². The number of hydrogen-bond donors (Lipinski definition) is 2. The van der Waals surface area contributed by atoms with Gasteiger partial charge in [0.05, 0.1) is 5.56 Å². The highest BCUT2D eigenvalue weighted by Crippen LogP contribution is 2.29. The molecule has 0 spiro atoms. The van der Waals surface area contributed by atoms with E-state index in [1.54, 1.807) is 0 Å². The summed E-state index contributed by atoms with van der Waals surface area (Å²) in [6.45, 7) is 0. The Balaban J connectivity index is 2.76. The number of carboxylic acid groups (broad SMARTS) is 1. The number of alkyl halides is 3. The summed E-state index contributed by atoms with van der Waals surface area (Å²) in [5.41, 5.74) is 4.95. The van der Waals surface area contributed by atoms with Crippen LogP contribution in [0.1, 0.15) is 11.1 Å². The van der Waals surface area contributed by atoms with Gasteiger partial charge in [-0.1, -0.05) is 12.1 Å². The molecule has 0 saturated heterocycles. The maximum Gasteiger partial charge on any atom is 0.416 e. The average molecular weight is 233 g/mol.